The predicted octanol–water partition coefficient (Wildman–Crippen LogP) is 2.30. The molecule has 0 aliphatic carbocycles. The maximum absolute atomic E-state index is 5.15. The fourth-order valence-corrected chi connectivity index (χ4v) is 1.77. The van der Waals surface area contributed by atoms with E-state index < -0.39 is 0 Å². The van der Waals surface area contributed by atoms with Crippen molar-refractivity contribution in [1.29, 1.82) is 0 Å². The smallest absolute Gasteiger partial charge is 0.268 e. The van der Waals surface area contributed by atoms with E-state index in [1.807, 2.05) is 17.5 Å². The van der Waals surface area contributed by atoms with E-state index in [1.165, 1.54) is 0 Å². The third-order valence-corrected chi connectivity index (χ3v) is 2.73. The van der Waals surface area contributed by atoms with Crippen LogP contribution in [0.2, 0.25) is 0 Å². The summed E-state index contributed by atoms with van der Waals surface area (Å²) in [4.78, 5) is 5.31. The minimum Gasteiger partial charge on any atom is -0.333 e. The number of thiophene rings is 1. The Hall–Kier alpha value is -1.20. The molecule has 0 aliphatic heterocycles. The van der Waals surface area contributed by atoms with Crippen LogP contribution in [0.1, 0.15) is 19.7 Å². The summed E-state index contributed by atoms with van der Waals surface area (Å²) in [5.41, 5.74) is 0. The molecule has 0 aliphatic rings. The van der Waals surface area contributed by atoms with Gasteiger partial charge in [-0.25, -0.2) is 0 Å². The molecule has 0 saturated carbocycles. The standard InChI is InChI=1S/C10H13N3OS/c1-7(2)11-6-9-12-10(14-13-9)8-4-3-5-15-8/h3-5,7,11H,6H2,1-2H3. The Morgan fingerprint density at radius 1 is 1.53 bits per heavy atom. The number of hydrogen-bond donors (Lipinski definition) is 1. The van der Waals surface area contributed by atoms with Crippen LogP contribution < -0.4 is 5.32 Å². The highest BCUT2D eigenvalue weighted by atomic mass is 32.1. The molecule has 80 valence electrons. The van der Waals surface area contributed by atoms with E-state index in [0.717, 1.165) is 4.88 Å². The van der Waals surface area contributed by atoms with Gasteiger partial charge in [0.1, 0.15) is 0 Å². The Kier molecular flexibility index (Phi) is 3.13. The molecular formula is C10H13N3OS. The van der Waals surface area contributed by atoms with Crippen molar-refractivity contribution in [3.05, 3.63) is 23.3 Å². The molecule has 5 heteroatoms. The van der Waals surface area contributed by atoms with Crippen LogP contribution in [-0.2, 0) is 6.54 Å². The zero-order chi connectivity index (χ0) is 10.7. The molecule has 0 radical (unpaired) electrons. The number of nitrogens with zero attached hydrogens (tertiary/aromatic N) is 2. The molecule has 0 atom stereocenters. The first-order valence-corrected chi connectivity index (χ1v) is 5.73. The van der Waals surface area contributed by atoms with Crippen LogP contribution in [0.25, 0.3) is 10.8 Å². The van der Waals surface area contributed by atoms with Crippen molar-refractivity contribution in [3.8, 4) is 10.8 Å². The lowest BCUT2D eigenvalue weighted by Gasteiger charge is -2.02. The summed E-state index contributed by atoms with van der Waals surface area (Å²) < 4.78 is 5.15. The number of hydrogen-bond acceptors (Lipinski definition) is 5. The van der Waals surface area contributed by atoms with Crippen molar-refractivity contribution >= 4 is 11.3 Å². The van der Waals surface area contributed by atoms with Crippen LogP contribution in [-0.4, -0.2) is 16.2 Å². The molecule has 0 saturated heterocycles. The normalized spacial score (nSPS) is 11.1. The van der Waals surface area contributed by atoms with E-state index in [4.69, 9.17) is 4.52 Å². The number of nitrogens with one attached hydrogen (secondary N) is 1. The van der Waals surface area contributed by atoms with Gasteiger partial charge in [0, 0.05) is 6.04 Å². The second-order valence-corrected chi connectivity index (χ2v) is 4.48. The second-order valence-electron chi connectivity index (χ2n) is 3.53. The molecule has 2 aromatic heterocycles. The van der Waals surface area contributed by atoms with Crippen molar-refractivity contribution in [2.45, 2.75) is 26.4 Å². The van der Waals surface area contributed by atoms with Crippen molar-refractivity contribution in [2.75, 3.05) is 0 Å². The van der Waals surface area contributed by atoms with Crippen LogP contribution in [0.5, 0.6) is 0 Å². The lowest BCUT2D eigenvalue weighted by atomic mass is 10.4. The van der Waals surface area contributed by atoms with E-state index in [-0.39, 0.29) is 0 Å². The minimum absolute atomic E-state index is 0.425. The zero-order valence-electron chi connectivity index (χ0n) is 8.73. The van der Waals surface area contributed by atoms with Gasteiger partial charge in [-0.15, -0.1) is 11.3 Å². The zero-order valence-corrected chi connectivity index (χ0v) is 9.54. The lowest BCUT2D eigenvalue weighted by molar-refractivity contribution is 0.418. The molecule has 2 rings (SSSR count). The van der Waals surface area contributed by atoms with Crippen LogP contribution >= 0.6 is 11.3 Å². The fraction of sp³-hybridized carbons (Fsp3) is 0.400. The number of rotatable bonds is 4. The van der Waals surface area contributed by atoms with Crippen molar-refractivity contribution in [2.24, 2.45) is 0 Å². The first kappa shape index (κ1) is 10.3. The average molecular weight is 223 g/mol. The first-order chi connectivity index (χ1) is 7.25. The molecule has 2 aromatic rings. The summed E-state index contributed by atoms with van der Waals surface area (Å²) in [6.07, 6.45) is 0. The van der Waals surface area contributed by atoms with Gasteiger partial charge < -0.3 is 9.84 Å². The summed E-state index contributed by atoms with van der Waals surface area (Å²) in [7, 11) is 0. The van der Waals surface area contributed by atoms with Gasteiger partial charge in [0.2, 0.25) is 0 Å². The van der Waals surface area contributed by atoms with Crippen molar-refractivity contribution in [1.82, 2.24) is 15.5 Å². The van der Waals surface area contributed by atoms with Gasteiger partial charge in [0.15, 0.2) is 5.82 Å². The summed E-state index contributed by atoms with van der Waals surface area (Å²) in [5.74, 6) is 1.30. The summed E-state index contributed by atoms with van der Waals surface area (Å²) >= 11 is 1.60. The molecule has 15 heavy (non-hydrogen) atoms. The van der Waals surface area contributed by atoms with Gasteiger partial charge in [0.05, 0.1) is 11.4 Å². The molecule has 0 unspecified atom stereocenters. The van der Waals surface area contributed by atoms with Crippen LogP contribution in [0.15, 0.2) is 22.0 Å². The molecule has 0 amide bonds. The van der Waals surface area contributed by atoms with Gasteiger partial charge in [-0.05, 0) is 11.4 Å². The van der Waals surface area contributed by atoms with Crippen LogP contribution in [0.4, 0.5) is 0 Å². The first-order valence-electron chi connectivity index (χ1n) is 4.85. The van der Waals surface area contributed by atoms with E-state index in [2.05, 4.69) is 29.3 Å². The maximum atomic E-state index is 5.15. The van der Waals surface area contributed by atoms with Gasteiger partial charge >= 0.3 is 0 Å². The van der Waals surface area contributed by atoms with E-state index in [0.29, 0.717) is 24.3 Å². The Labute approximate surface area is 92.3 Å². The summed E-state index contributed by atoms with van der Waals surface area (Å²) in [6, 6.07) is 4.36. The Morgan fingerprint density at radius 2 is 2.40 bits per heavy atom. The molecule has 0 spiro atoms. The molecular weight excluding hydrogens is 210 g/mol. The predicted molar refractivity (Wildman–Crippen MR) is 59.6 cm³/mol. The molecule has 0 aromatic carbocycles. The fourth-order valence-electron chi connectivity index (χ4n) is 1.12. The highest BCUT2D eigenvalue weighted by molar-refractivity contribution is 7.13. The molecule has 0 fully saturated rings. The van der Waals surface area contributed by atoms with Crippen LogP contribution in [0.3, 0.4) is 0 Å². The molecule has 4 nitrogen and oxygen atoms in total. The monoisotopic (exact) mass is 223 g/mol. The topological polar surface area (TPSA) is 51.0 Å². The van der Waals surface area contributed by atoms with Gasteiger partial charge in [0.25, 0.3) is 5.89 Å². The highest BCUT2D eigenvalue weighted by Gasteiger charge is 2.09. The Morgan fingerprint density at radius 3 is 3.07 bits per heavy atom. The van der Waals surface area contributed by atoms with E-state index >= 15 is 0 Å². The van der Waals surface area contributed by atoms with Crippen LogP contribution in [0, 0.1) is 0 Å². The maximum Gasteiger partial charge on any atom is 0.268 e. The Balaban J connectivity index is 2.04. The summed E-state index contributed by atoms with van der Waals surface area (Å²) in [6.45, 7) is 4.81. The number of aromatic nitrogens is 2. The molecule has 2 heterocycles. The third kappa shape index (κ3) is 2.64. The summed E-state index contributed by atoms with van der Waals surface area (Å²) in [5, 5.41) is 9.13. The third-order valence-electron chi connectivity index (χ3n) is 1.87. The quantitative estimate of drug-likeness (QED) is 0.864. The van der Waals surface area contributed by atoms with E-state index in [9.17, 15) is 0 Å². The Bertz CT molecular complexity index is 408. The minimum atomic E-state index is 0.425. The average Bonchev–Trinajstić information content (AvgIpc) is 2.85. The van der Waals surface area contributed by atoms with Gasteiger partial charge in [-0.3, -0.25) is 0 Å². The second kappa shape index (κ2) is 4.55. The SMILES string of the molecule is CC(C)NCc1noc(-c2cccs2)n1. The molecule has 1 N–H and O–H groups in total. The van der Waals surface area contributed by atoms with Crippen molar-refractivity contribution in [3.63, 3.8) is 0 Å². The van der Waals surface area contributed by atoms with E-state index in [1.54, 1.807) is 11.3 Å². The molecule has 0 bridgehead atoms. The largest absolute Gasteiger partial charge is 0.333 e. The van der Waals surface area contributed by atoms with Gasteiger partial charge in [-0.1, -0.05) is 25.1 Å². The van der Waals surface area contributed by atoms with Gasteiger partial charge in [-0.2, -0.15) is 4.98 Å². The lowest BCUT2D eigenvalue weighted by Crippen LogP contribution is -2.22. The van der Waals surface area contributed by atoms with Crippen molar-refractivity contribution < 1.29 is 4.52 Å². The highest BCUT2D eigenvalue weighted by Crippen LogP contribution is 2.22.